The van der Waals surface area contributed by atoms with Gasteiger partial charge in [-0.1, -0.05) is 36.4 Å². The Morgan fingerprint density at radius 3 is 2.36 bits per heavy atom. The molecule has 0 atom stereocenters. The lowest BCUT2D eigenvalue weighted by atomic mass is 9.98. The molecular formula is C31H33N5O7S2. The average molecular weight is 652 g/mol. The minimum Gasteiger partial charge on any atom is -0.379 e. The summed E-state index contributed by atoms with van der Waals surface area (Å²) in [6, 6.07) is 19.7. The molecule has 2 heterocycles. The van der Waals surface area contributed by atoms with Gasteiger partial charge in [-0.15, -0.1) is 11.8 Å². The van der Waals surface area contributed by atoms with Gasteiger partial charge in [0.25, 0.3) is 21.6 Å². The Morgan fingerprint density at radius 2 is 1.69 bits per heavy atom. The van der Waals surface area contributed by atoms with Crippen LogP contribution in [0, 0.1) is 10.1 Å². The Bertz CT molecular complexity index is 1680. The molecule has 0 aromatic heterocycles. The van der Waals surface area contributed by atoms with Crippen LogP contribution >= 0.6 is 11.8 Å². The Kier molecular flexibility index (Phi) is 10.4. The molecule has 0 bridgehead atoms. The first-order chi connectivity index (χ1) is 21.7. The van der Waals surface area contributed by atoms with E-state index in [2.05, 4.69) is 5.32 Å². The summed E-state index contributed by atoms with van der Waals surface area (Å²) in [6.07, 6.45) is 2.63. The van der Waals surface area contributed by atoms with Gasteiger partial charge in [0.1, 0.15) is 5.69 Å². The molecule has 0 unspecified atom stereocenters. The number of hydrogen-bond donors (Lipinski definition) is 2. The van der Waals surface area contributed by atoms with E-state index < -0.39 is 31.4 Å². The fraction of sp³-hybridized carbons (Fsp3) is 0.290. The largest absolute Gasteiger partial charge is 0.379 e. The number of urea groups is 1. The molecule has 2 aliphatic heterocycles. The predicted molar refractivity (Wildman–Crippen MR) is 172 cm³/mol. The molecule has 0 aliphatic carbocycles. The van der Waals surface area contributed by atoms with E-state index >= 15 is 0 Å². The highest BCUT2D eigenvalue weighted by Crippen LogP contribution is 2.28. The van der Waals surface area contributed by atoms with Crippen molar-refractivity contribution in [1.82, 2.24) is 14.5 Å². The summed E-state index contributed by atoms with van der Waals surface area (Å²) in [5.74, 6) is -0.218. The van der Waals surface area contributed by atoms with Crippen LogP contribution in [0.4, 0.5) is 16.2 Å². The van der Waals surface area contributed by atoms with E-state index in [4.69, 9.17) is 4.74 Å². The Morgan fingerprint density at radius 1 is 0.956 bits per heavy atom. The Hall–Kier alpha value is -4.40. The topological polar surface area (TPSA) is 151 Å². The summed E-state index contributed by atoms with van der Waals surface area (Å²) >= 11 is 1.58. The minimum atomic E-state index is -4.39. The van der Waals surface area contributed by atoms with Crippen molar-refractivity contribution >= 4 is 50.7 Å². The summed E-state index contributed by atoms with van der Waals surface area (Å²) in [4.78, 5) is 40.9. The number of carbonyl (C=O) groups is 2. The van der Waals surface area contributed by atoms with Crippen LogP contribution in [0.15, 0.2) is 88.7 Å². The highest BCUT2D eigenvalue weighted by molar-refractivity contribution is 7.99. The maximum absolute atomic E-state index is 13.0. The van der Waals surface area contributed by atoms with Crippen molar-refractivity contribution in [3.63, 3.8) is 0 Å². The van der Waals surface area contributed by atoms with Gasteiger partial charge in [-0.3, -0.25) is 14.9 Å². The van der Waals surface area contributed by atoms with Crippen molar-refractivity contribution < 1.29 is 27.7 Å². The fourth-order valence-corrected chi connectivity index (χ4v) is 6.77. The molecule has 5 rings (SSSR count). The Balaban J connectivity index is 1.18. The lowest BCUT2D eigenvalue weighted by Gasteiger charge is -2.34. The normalized spacial score (nSPS) is 15.2. The number of amides is 3. The number of ether oxygens (including phenoxy) is 1. The van der Waals surface area contributed by atoms with Crippen LogP contribution in [0.5, 0.6) is 0 Å². The van der Waals surface area contributed by atoms with Crippen LogP contribution in [0.2, 0.25) is 0 Å². The van der Waals surface area contributed by atoms with Crippen molar-refractivity contribution in [2.45, 2.75) is 16.2 Å². The van der Waals surface area contributed by atoms with Gasteiger partial charge in [-0.2, -0.15) is 0 Å². The molecule has 0 spiro atoms. The van der Waals surface area contributed by atoms with Crippen LogP contribution in [0.3, 0.4) is 0 Å². The number of carbonyl (C=O) groups excluding carboxylic acids is 2. The van der Waals surface area contributed by atoms with Gasteiger partial charge in [0, 0.05) is 55.0 Å². The average Bonchev–Trinajstić information content (AvgIpc) is 3.07. The van der Waals surface area contributed by atoms with E-state index in [0.717, 1.165) is 22.1 Å². The van der Waals surface area contributed by atoms with Crippen molar-refractivity contribution in [2.75, 3.05) is 57.0 Å². The standard InChI is InChI=1S/C31H33N5O7S2/c37-30(25-8-6-23(7-9-25)24-12-15-34(16-13-24)31(38)35-17-19-43-20-18-35)33-45(41,42)27-10-11-28(29(22-27)36(39)40)32-14-21-44-26-4-2-1-3-5-26/h1-12,22,32H,13-21H2,(H,33,37). The third-order valence-corrected chi connectivity index (χ3v) is 9.75. The monoisotopic (exact) mass is 651 g/mol. The highest BCUT2D eigenvalue weighted by Gasteiger charge is 2.26. The molecule has 12 nitrogen and oxygen atoms in total. The summed E-state index contributed by atoms with van der Waals surface area (Å²) in [5, 5.41) is 14.7. The Labute approximate surface area is 265 Å². The third kappa shape index (κ3) is 8.21. The van der Waals surface area contributed by atoms with Crippen molar-refractivity contribution in [2.24, 2.45) is 0 Å². The zero-order valence-electron chi connectivity index (χ0n) is 24.4. The molecule has 236 valence electrons. The number of nitrogens with one attached hydrogen (secondary N) is 2. The number of nitrogens with zero attached hydrogens (tertiary/aromatic N) is 3. The number of sulfonamides is 1. The zero-order chi connectivity index (χ0) is 31.8. The van der Waals surface area contributed by atoms with E-state index in [1.165, 1.54) is 24.3 Å². The summed E-state index contributed by atoms with van der Waals surface area (Å²) < 4.78 is 33.3. The highest BCUT2D eigenvalue weighted by atomic mass is 32.2. The molecule has 3 aromatic carbocycles. The molecule has 2 N–H and O–H groups in total. The number of nitro benzene ring substituents is 1. The van der Waals surface area contributed by atoms with Gasteiger partial charge in [0.15, 0.2) is 0 Å². The number of nitro groups is 1. The molecule has 1 saturated heterocycles. The number of morpholine rings is 1. The first-order valence-corrected chi connectivity index (χ1v) is 16.9. The second-order valence-electron chi connectivity index (χ2n) is 10.3. The van der Waals surface area contributed by atoms with Gasteiger partial charge >= 0.3 is 6.03 Å². The number of rotatable bonds is 10. The number of anilines is 1. The third-order valence-electron chi connectivity index (χ3n) is 7.41. The maximum Gasteiger partial charge on any atom is 0.320 e. The molecule has 3 amide bonds. The molecule has 0 radical (unpaired) electrons. The molecule has 1 fully saturated rings. The molecule has 0 saturated carbocycles. The van der Waals surface area contributed by atoms with Gasteiger partial charge in [-0.05, 0) is 54.0 Å². The second-order valence-corrected chi connectivity index (χ2v) is 13.2. The van der Waals surface area contributed by atoms with E-state index in [9.17, 15) is 28.1 Å². The number of benzene rings is 3. The van der Waals surface area contributed by atoms with Crippen molar-refractivity contribution in [3.05, 3.63) is 100 Å². The van der Waals surface area contributed by atoms with E-state index in [0.29, 0.717) is 58.1 Å². The van der Waals surface area contributed by atoms with Crippen LogP contribution in [-0.4, -0.2) is 86.8 Å². The fourth-order valence-electron chi connectivity index (χ4n) is 4.99. The zero-order valence-corrected chi connectivity index (χ0v) is 26.0. The molecule has 3 aromatic rings. The van der Waals surface area contributed by atoms with Gasteiger partial charge in [-0.25, -0.2) is 17.9 Å². The molecular weight excluding hydrogens is 619 g/mol. The van der Waals surface area contributed by atoms with Crippen LogP contribution < -0.4 is 10.0 Å². The van der Waals surface area contributed by atoms with Gasteiger partial charge in [0.2, 0.25) is 0 Å². The van der Waals surface area contributed by atoms with Crippen LogP contribution in [-0.2, 0) is 14.8 Å². The first kappa shape index (κ1) is 32.0. The predicted octanol–water partition coefficient (Wildman–Crippen LogP) is 4.46. The van der Waals surface area contributed by atoms with Crippen molar-refractivity contribution in [1.29, 1.82) is 0 Å². The van der Waals surface area contributed by atoms with Crippen LogP contribution in [0.25, 0.3) is 5.57 Å². The SMILES string of the molecule is O=C(NS(=O)(=O)c1ccc(NCCSc2ccccc2)c([N+](=O)[O-])c1)c1ccc(C2=CCN(C(=O)N3CCOCC3)CC2)cc1. The first-order valence-electron chi connectivity index (χ1n) is 14.4. The smallest absolute Gasteiger partial charge is 0.320 e. The molecule has 45 heavy (non-hydrogen) atoms. The van der Waals surface area contributed by atoms with E-state index in [1.807, 2.05) is 41.1 Å². The second kappa shape index (κ2) is 14.6. The lowest BCUT2D eigenvalue weighted by Crippen LogP contribution is -2.49. The number of hydrogen-bond acceptors (Lipinski definition) is 9. The van der Waals surface area contributed by atoms with Crippen LogP contribution in [0.1, 0.15) is 22.3 Å². The lowest BCUT2D eigenvalue weighted by molar-refractivity contribution is -0.384. The number of thioether (sulfide) groups is 1. The van der Waals surface area contributed by atoms with Gasteiger partial charge < -0.3 is 19.9 Å². The van der Waals surface area contributed by atoms with Gasteiger partial charge in [0.05, 0.1) is 23.0 Å². The summed E-state index contributed by atoms with van der Waals surface area (Å²) in [5.41, 5.74) is 1.78. The summed E-state index contributed by atoms with van der Waals surface area (Å²) in [6.45, 7) is 3.70. The summed E-state index contributed by atoms with van der Waals surface area (Å²) in [7, 11) is -4.39. The molecule has 14 heteroatoms. The minimum absolute atomic E-state index is 0.00370. The van der Waals surface area contributed by atoms with Crippen molar-refractivity contribution in [3.8, 4) is 0 Å². The quantitative estimate of drug-likeness (QED) is 0.140. The van der Waals surface area contributed by atoms with E-state index in [1.54, 1.807) is 33.7 Å². The maximum atomic E-state index is 13.0. The molecule has 2 aliphatic rings. The van der Waals surface area contributed by atoms with E-state index in [-0.39, 0.29) is 17.3 Å².